The second-order valence-electron chi connectivity index (χ2n) is 6.06. The van der Waals surface area contributed by atoms with Gasteiger partial charge in [0.25, 0.3) is 0 Å². The van der Waals surface area contributed by atoms with Crippen molar-refractivity contribution in [1.29, 1.82) is 0 Å². The van der Waals surface area contributed by atoms with E-state index in [0.29, 0.717) is 0 Å². The molecule has 0 fully saturated rings. The van der Waals surface area contributed by atoms with E-state index in [9.17, 15) is 17.3 Å². The summed E-state index contributed by atoms with van der Waals surface area (Å²) in [6.45, 7) is 2.11. The molecule has 0 aliphatic carbocycles. The minimum absolute atomic E-state index is 1.06. The molecule has 0 aliphatic heterocycles. The molecule has 0 amide bonds. The van der Waals surface area contributed by atoms with Gasteiger partial charge in [-0.3, -0.25) is 0 Å². The minimum atomic E-state index is -6.00. The number of rotatable bonds is 5. The van der Waals surface area contributed by atoms with Crippen LogP contribution in [0.25, 0.3) is 0 Å². The van der Waals surface area contributed by atoms with Gasteiger partial charge in [-0.15, -0.1) is 0 Å². The van der Waals surface area contributed by atoms with Crippen molar-refractivity contribution in [2.75, 3.05) is 6.16 Å². The molecule has 6 heteroatoms. The molecule has 0 aromatic heterocycles. The summed E-state index contributed by atoms with van der Waals surface area (Å²) >= 11 is 0. The highest BCUT2D eigenvalue weighted by Gasteiger charge is 2.43. The van der Waals surface area contributed by atoms with Crippen molar-refractivity contribution < 1.29 is 17.3 Å². The quantitative estimate of drug-likeness (QED) is 0.216. The van der Waals surface area contributed by atoms with Crippen LogP contribution in [0.1, 0.15) is 6.92 Å². The maximum Gasteiger partial charge on any atom is 0.673 e. The van der Waals surface area contributed by atoms with Crippen molar-refractivity contribution in [3.05, 3.63) is 103 Å². The van der Waals surface area contributed by atoms with Crippen molar-refractivity contribution in [2.24, 2.45) is 0 Å². The van der Waals surface area contributed by atoms with Crippen LogP contribution < -0.4 is 15.9 Å². The predicted molar refractivity (Wildman–Crippen MR) is 115 cm³/mol. The summed E-state index contributed by atoms with van der Waals surface area (Å²) in [4.78, 5) is 0. The summed E-state index contributed by atoms with van der Waals surface area (Å²) in [6.07, 6.45) is 5.55. The van der Waals surface area contributed by atoms with Gasteiger partial charge < -0.3 is 17.3 Å². The van der Waals surface area contributed by atoms with Crippen molar-refractivity contribution in [1.82, 2.24) is 0 Å². The maximum absolute atomic E-state index is 9.75. The van der Waals surface area contributed by atoms with Gasteiger partial charge in [0.1, 0.15) is 23.2 Å². The summed E-state index contributed by atoms with van der Waals surface area (Å²) < 4.78 is 39.0. The average Bonchev–Trinajstić information content (AvgIpc) is 2.70. The SMILES string of the molecule is CC=CC[P+](c1ccccc1)(c1ccccc1)c1ccccc1.F[B-](F)(F)F. The van der Waals surface area contributed by atoms with Crippen LogP contribution in [-0.2, 0) is 0 Å². The number of benzene rings is 3. The Balaban J connectivity index is 0.000000500. The number of halogens is 4. The Labute approximate surface area is 164 Å². The molecule has 0 spiro atoms. The highest BCUT2D eigenvalue weighted by atomic mass is 31.2. The van der Waals surface area contributed by atoms with Crippen LogP contribution in [-0.4, -0.2) is 13.4 Å². The first-order chi connectivity index (χ1) is 13.4. The van der Waals surface area contributed by atoms with Gasteiger partial charge in [-0.25, -0.2) is 0 Å². The van der Waals surface area contributed by atoms with E-state index in [-0.39, 0.29) is 0 Å². The lowest BCUT2D eigenvalue weighted by Gasteiger charge is -2.26. The Hall–Kier alpha value is -2.39. The third-order valence-corrected chi connectivity index (χ3v) is 8.50. The molecule has 146 valence electrons. The predicted octanol–water partition coefficient (Wildman–Crippen LogP) is 5.86. The van der Waals surface area contributed by atoms with Crippen LogP contribution >= 0.6 is 7.26 Å². The number of hydrogen-bond acceptors (Lipinski definition) is 0. The lowest BCUT2D eigenvalue weighted by molar-refractivity contribution is 0.368. The molecule has 0 heterocycles. The zero-order valence-electron chi connectivity index (χ0n) is 15.6. The van der Waals surface area contributed by atoms with Gasteiger partial charge in [-0.1, -0.05) is 66.7 Å². The van der Waals surface area contributed by atoms with Crippen molar-refractivity contribution >= 4 is 30.4 Å². The molecule has 0 saturated carbocycles. The summed E-state index contributed by atoms with van der Waals surface area (Å²) in [6, 6.07) is 33.0. The molecule has 0 atom stereocenters. The van der Waals surface area contributed by atoms with Crippen LogP contribution in [0.2, 0.25) is 0 Å². The van der Waals surface area contributed by atoms with Gasteiger partial charge in [0.2, 0.25) is 0 Å². The van der Waals surface area contributed by atoms with Crippen molar-refractivity contribution in [3.8, 4) is 0 Å². The van der Waals surface area contributed by atoms with E-state index in [1.165, 1.54) is 15.9 Å². The number of hydrogen-bond donors (Lipinski definition) is 0. The Morgan fingerprint density at radius 1 is 0.643 bits per heavy atom. The first kappa shape index (κ1) is 21.9. The van der Waals surface area contributed by atoms with E-state index in [1.807, 2.05) is 0 Å². The zero-order chi connectivity index (χ0) is 20.5. The maximum atomic E-state index is 9.75. The van der Waals surface area contributed by atoms with Crippen molar-refractivity contribution in [3.63, 3.8) is 0 Å². The van der Waals surface area contributed by atoms with Gasteiger partial charge in [0.15, 0.2) is 0 Å². The first-order valence-corrected chi connectivity index (χ1v) is 10.9. The van der Waals surface area contributed by atoms with Gasteiger partial charge in [-0.05, 0) is 43.3 Å². The molecule has 0 unspecified atom stereocenters. The van der Waals surface area contributed by atoms with Crippen molar-refractivity contribution in [2.45, 2.75) is 6.92 Å². The normalized spacial score (nSPS) is 11.8. The fourth-order valence-corrected chi connectivity index (χ4v) is 7.17. The topological polar surface area (TPSA) is 0 Å². The Kier molecular flexibility index (Phi) is 8.01. The molecule has 0 bridgehead atoms. The standard InChI is InChI=1S/C22H22P.BF4/c1-2-3-19-23(20-13-7-4-8-14-20,21-15-9-5-10-16-21)22-17-11-6-12-18-22;2-1(3,4)5/h2-18H,19H2,1H3;/q+1;-1. The molecule has 0 N–H and O–H groups in total. The molecule has 0 aliphatic rings. The lowest BCUT2D eigenvalue weighted by Crippen LogP contribution is -2.32. The molecular formula is C22H22BF4P. The van der Waals surface area contributed by atoms with Crippen LogP contribution in [0.4, 0.5) is 17.3 Å². The molecule has 28 heavy (non-hydrogen) atoms. The fraction of sp³-hybridized carbons (Fsp3) is 0.0909. The Morgan fingerprint density at radius 2 is 0.929 bits per heavy atom. The van der Waals surface area contributed by atoms with E-state index in [0.717, 1.165) is 6.16 Å². The van der Waals surface area contributed by atoms with Crippen LogP contribution in [0.5, 0.6) is 0 Å². The Bertz CT molecular complexity index is 747. The molecule has 0 saturated heterocycles. The highest BCUT2D eigenvalue weighted by molar-refractivity contribution is 7.95. The lowest BCUT2D eigenvalue weighted by atomic mass is 10.3. The van der Waals surface area contributed by atoms with Crippen LogP contribution in [0, 0.1) is 0 Å². The van der Waals surface area contributed by atoms with E-state index in [4.69, 9.17) is 0 Å². The van der Waals surface area contributed by atoms with Gasteiger partial charge in [0.05, 0.1) is 6.16 Å². The van der Waals surface area contributed by atoms with Crippen LogP contribution in [0.3, 0.4) is 0 Å². The van der Waals surface area contributed by atoms with E-state index in [1.54, 1.807) is 0 Å². The third-order valence-electron chi connectivity index (χ3n) is 4.21. The van der Waals surface area contributed by atoms with E-state index < -0.39 is 14.5 Å². The third kappa shape index (κ3) is 6.07. The summed E-state index contributed by atoms with van der Waals surface area (Å²) in [5, 5.41) is 4.32. The smallest absolute Gasteiger partial charge is 0.418 e. The average molecular weight is 404 g/mol. The zero-order valence-corrected chi connectivity index (χ0v) is 16.5. The molecule has 0 radical (unpaired) electrons. The number of allylic oxidation sites excluding steroid dienone is 2. The second-order valence-corrected chi connectivity index (χ2v) is 9.60. The van der Waals surface area contributed by atoms with Gasteiger partial charge >= 0.3 is 7.25 Å². The van der Waals surface area contributed by atoms with Crippen LogP contribution in [0.15, 0.2) is 103 Å². The fourth-order valence-electron chi connectivity index (χ4n) is 3.07. The molecule has 3 rings (SSSR count). The van der Waals surface area contributed by atoms with Gasteiger partial charge in [0, 0.05) is 0 Å². The molecular weight excluding hydrogens is 382 g/mol. The summed E-state index contributed by atoms with van der Waals surface area (Å²) in [7, 11) is -7.66. The summed E-state index contributed by atoms with van der Waals surface area (Å²) in [5.74, 6) is 0. The van der Waals surface area contributed by atoms with E-state index in [2.05, 4.69) is 110 Å². The molecule has 3 aromatic rings. The highest BCUT2D eigenvalue weighted by Crippen LogP contribution is 2.55. The second kappa shape index (κ2) is 10.2. The molecule has 0 nitrogen and oxygen atoms in total. The monoisotopic (exact) mass is 404 g/mol. The van der Waals surface area contributed by atoms with E-state index >= 15 is 0 Å². The Morgan fingerprint density at radius 3 is 1.18 bits per heavy atom. The largest absolute Gasteiger partial charge is 0.673 e. The summed E-state index contributed by atoms with van der Waals surface area (Å²) in [5.41, 5.74) is 0. The van der Waals surface area contributed by atoms with Gasteiger partial charge in [-0.2, -0.15) is 0 Å². The first-order valence-electron chi connectivity index (χ1n) is 8.91. The minimum Gasteiger partial charge on any atom is -0.418 e. The molecule has 3 aromatic carbocycles.